The van der Waals surface area contributed by atoms with Crippen LogP contribution in [0.4, 0.5) is 8.78 Å². The molecule has 1 saturated carbocycles. The van der Waals surface area contributed by atoms with Crippen molar-refractivity contribution in [2.24, 2.45) is 0 Å². The zero-order valence-corrected chi connectivity index (χ0v) is 14.8. The summed E-state index contributed by atoms with van der Waals surface area (Å²) in [6.07, 6.45) is 2.82. The van der Waals surface area contributed by atoms with Crippen molar-refractivity contribution in [2.75, 3.05) is 13.2 Å². The van der Waals surface area contributed by atoms with Crippen molar-refractivity contribution in [3.8, 4) is 17.6 Å². The fraction of sp³-hybridized carbons (Fsp3) is 0.500. The van der Waals surface area contributed by atoms with Crippen LogP contribution in [0.1, 0.15) is 43.0 Å². The summed E-state index contributed by atoms with van der Waals surface area (Å²) in [5, 5.41) is 11.8. The standard InChI is InChI=1S/C18H20F2N2O5/c1-2-25-14-9-12(5-6-13(14)27-17(19)20)16(24)26-10-15(23)22-18(11-21)7-3-4-8-18/h5-6,9,17H,2-4,7-8,10H2,1H3,(H,22,23). The largest absolute Gasteiger partial charge is 0.490 e. The summed E-state index contributed by atoms with van der Waals surface area (Å²) in [4.78, 5) is 24.1. The summed E-state index contributed by atoms with van der Waals surface area (Å²) in [7, 11) is 0. The average Bonchev–Trinajstić information content (AvgIpc) is 3.10. The first-order chi connectivity index (χ1) is 12.9. The second kappa shape index (κ2) is 9.16. The maximum atomic E-state index is 12.4. The first-order valence-electron chi connectivity index (χ1n) is 8.50. The number of hydrogen-bond donors (Lipinski definition) is 1. The molecular formula is C18H20F2N2O5. The molecule has 1 aliphatic carbocycles. The highest BCUT2D eigenvalue weighted by Gasteiger charge is 2.35. The number of rotatable bonds is 8. The van der Waals surface area contributed by atoms with Gasteiger partial charge in [0.15, 0.2) is 18.1 Å². The lowest BCUT2D eigenvalue weighted by Crippen LogP contribution is -2.46. The van der Waals surface area contributed by atoms with Gasteiger partial charge in [-0.3, -0.25) is 4.79 Å². The predicted octanol–water partition coefficient (Wildman–Crippen LogP) is 2.80. The fourth-order valence-corrected chi connectivity index (χ4v) is 2.86. The van der Waals surface area contributed by atoms with E-state index in [4.69, 9.17) is 9.47 Å². The number of nitrogens with one attached hydrogen (secondary N) is 1. The Bertz CT molecular complexity index is 727. The number of alkyl halides is 2. The van der Waals surface area contributed by atoms with E-state index in [0.717, 1.165) is 18.9 Å². The second-order valence-corrected chi connectivity index (χ2v) is 6.00. The van der Waals surface area contributed by atoms with Gasteiger partial charge in [-0.25, -0.2) is 4.79 Å². The molecule has 0 bridgehead atoms. The molecular weight excluding hydrogens is 362 g/mol. The van der Waals surface area contributed by atoms with Crippen LogP contribution < -0.4 is 14.8 Å². The molecule has 1 amide bonds. The average molecular weight is 382 g/mol. The lowest BCUT2D eigenvalue weighted by atomic mass is 10.00. The van der Waals surface area contributed by atoms with E-state index in [2.05, 4.69) is 16.1 Å². The van der Waals surface area contributed by atoms with Crippen LogP contribution in [0.15, 0.2) is 18.2 Å². The molecule has 0 aliphatic heterocycles. The maximum absolute atomic E-state index is 12.4. The molecule has 0 atom stereocenters. The van der Waals surface area contributed by atoms with Crippen molar-refractivity contribution in [2.45, 2.75) is 44.8 Å². The second-order valence-electron chi connectivity index (χ2n) is 6.00. The van der Waals surface area contributed by atoms with Gasteiger partial charge in [-0.1, -0.05) is 0 Å². The van der Waals surface area contributed by atoms with E-state index in [1.54, 1.807) is 6.92 Å². The fourth-order valence-electron chi connectivity index (χ4n) is 2.86. The number of halogens is 2. The van der Waals surface area contributed by atoms with Crippen molar-refractivity contribution >= 4 is 11.9 Å². The smallest absolute Gasteiger partial charge is 0.387 e. The highest BCUT2D eigenvalue weighted by atomic mass is 19.3. The molecule has 9 heteroatoms. The number of amides is 1. The zero-order valence-electron chi connectivity index (χ0n) is 14.8. The van der Waals surface area contributed by atoms with Gasteiger partial charge >= 0.3 is 12.6 Å². The molecule has 0 heterocycles. The van der Waals surface area contributed by atoms with Gasteiger partial charge in [0.05, 0.1) is 18.2 Å². The molecule has 146 valence electrons. The minimum atomic E-state index is -3.03. The van der Waals surface area contributed by atoms with Crippen LogP contribution in [0, 0.1) is 11.3 Å². The van der Waals surface area contributed by atoms with Gasteiger partial charge in [-0.05, 0) is 50.8 Å². The number of benzene rings is 1. The highest BCUT2D eigenvalue weighted by molar-refractivity contribution is 5.92. The van der Waals surface area contributed by atoms with E-state index in [1.807, 2.05) is 0 Å². The molecule has 1 aromatic carbocycles. The normalized spacial score (nSPS) is 15.1. The van der Waals surface area contributed by atoms with Crippen molar-refractivity contribution in [3.63, 3.8) is 0 Å². The highest BCUT2D eigenvalue weighted by Crippen LogP contribution is 2.30. The molecule has 2 rings (SSSR count). The number of carbonyl (C=O) groups excluding carboxylic acids is 2. The summed E-state index contributed by atoms with van der Waals surface area (Å²) in [5.41, 5.74) is -0.886. The quantitative estimate of drug-likeness (QED) is 0.695. The molecule has 0 unspecified atom stereocenters. The lowest BCUT2D eigenvalue weighted by molar-refractivity contribution is -0.125. The summed E-state index contributed by atoms with van der Waals surface area (Å²) in [6.45, 7) is -1.76. The molecule has 27 heavy (non-hydrogen) atoms. The van der Waals surface area contributed by atoms with Crippen LogP contribution in [0.3, 0.4) is 0 Å². The molecule has 0 spiro atoms. The Hall–Kier alpha value is -2.89. The monoisotopic (exact) mass is 382 g/mol. The molecule has 0 saturated heterocycles. The van der Waals surface area contributed by atoms with Gasteiger partial charge in [0, 0.05) is 0 Å². The Balaban J connectivity index is 1.97. The van der Waals surface area contributed by atoms with E-state index < -0.39 is 30.6 Å². The molecule has 1 N–H and O–H groups in total. The first kappa shape index (κ1) is 20.4. The van der Waals surface area contributed by atoms with Crippen LogP contribution in [0.5, 0.6) is 11.5 Å². The van der Waals surface area contributed by atoms with Gasteiger partial charge in [-0.15, -0.1) is 0 Å². The number of carbonyl (C=O) groups is 2. The summed E-state index contributed by atoms with van der Waals surface area (Å²) in [6, 6.07) is 5.70. The Kier molecular flexibility index (Phi) is 6.93. The first-order valence-corrected chi connectivity index (χ1v) is 8.50. The van der Waals surface area contributed by atoms with Crippen LogP contribution in [0.2, 0.25) is 0 Å². The topological polar surface area (TPSA) is 97.6 Å². The van der Waals surface area contributed by atoms with Gasteiger partial charge < -0.3 is 19.5 Å². The summed E-state index contributed by atoms with van der Waals surface area (Å²) in [5.74, 6) is -1.65. The maximum Gasteiger partial charge on any atom is 0.387 e. The van der Waals surface area contributed by atoms with Crippen molar-refractivity contribution in [1.82, 2.24) is 5.32 Å². The third-order valence-corrected chi connectivity index (χ3v) is 4.08. The summed E-state index contributed by atoms with van der Waals surface area (Å²) < 4.78 is 39.3. The van der Waals surface area contributed by atoms with Gasteiger partial charge in [-0.2, -0.15) is 14.0 Å². The number of ether oxygens (including phenoxy) is 3. The van der Waals surface area contributed by atoms with Crippen LogP contribution in [-0.4, -0.2) is 37.2 Å². The van der Waals surface area contributed by atoms with E-state index >= 15 is 0 Å². The Morgan fingerprint density at radius 3 is 2.59 bits per heavy atom. The van der Waals surface area contributed by atoms with Gasteiger partial charge in [0.2, 0.25) is 0 Å². The molecule has 1 aromatic rings. The van der Waals surface area contributed by atoms with Crippen molar-refractivity contribution in [3.05, 3.63) is 23.8 Å². The SMILES string of the molecule is CCOc1cc(C(=O)OCC(=O)NC2(C#N)CCCC2)ccc1OC(F)F. The molecule has 0 radical (unpaired) electrons. The van der Waals surface area contributed by atoms with Gasteiger partial charge in [0.1, 0.15) is 5.54 Å². The Morgan fingerprint density at radius 2 is 2.00 bits per heavy atom. The number of esters is 1. The minimum Gasteiger partial charge on any atom is -0.490 e. The summed E-state index contributed by atoms with van der Waals surface area (Å²) >= 11 is 0. The third kappa shape index (κ3) is 5.54. The number of hydrogen-bond acceptors (Lipinski definition) is 6. The lowest BCUT2D eigenvalue weighted by Gasteiger charge is -2.21. The van der Waals surface area contributed by atoms with E-state index in [9.17, 15) is 23.6 Å². The zero-order chi connectivity index (χ0) is 19.9. The van der Waals surface area contributed by atoms with Crippen LogP contribution in [-0.2, 0) is 9.53 Å². The number of nitrogens with zero attached hydrogens (tertiary/aromatic N) is 1. The Labute approximate surface area is 155 Å². The molecule has 1 aliphatic rings. The van der Waals surface area contributed by atoms with E-state index in [1.165, 1.54) is 12.1 Å². The van der Waals surface area contributed by atoms with E-state index in [-0.39, 0.29) is 23.7 Å². The van der Waals surface area contributed by atoms with Gasteiger partial charge in [0.25, 0.3) is 5.91 Å². The van der Waals surface area contributed by atoms with Crippen LogP contribution in [0.25, 0.3) is 0 Å². The molecule has 7 nitrogen and oxygen atoms in total. The Morgan fingerprint density at radius 1 is 1.30 bits per heavy atom. The molecule has 0 aromatic heterocycles. The molecule has 1 fully saturated rings. The van der Waals surface area contributed by atoms with Crippen molar-refractivity contribution in [1.29, 1.82) is 5.26 Å². The van der Waals surface area contributed by atoms with E-state index in [0.29, 0.717) is 12.8 Å². The predicted molar refractivity (Wildman–Crippen MR) is 89.5 cm³/mol. The minimum absolute atomic E-state index is 0.0173. The number of nitriles is 1. The van der Waals surface area contributed by atoms with Crippen LogP contribution >= 0.6 is 0 Å². The third-order valence-electron chi connectivity index (χ3n) is 4.08. The van der Waals surface area contributed by atoms with Crippen molar-refractivity contribution < 1.29 is 32.6 Å².